The van der Waals surface area contributed by atoms with Crippen LogP contribution in [0.15, 0.2) is 16.7 Å². The van der Waals surface area contributed by atoms with Gasteiger partial charge >= 0.3 is 0 Å². The van der Waals surface area contributed by atoms with Gasteiger partial charge in [-0.1, -0.05) is 33.1 Å². The van der Waals surface area contributed by atoms with Crippen LogP contribution in [0.1, 0.15) is 69.7 Å². The molecule has 0 radical (unpaired) electrons. The van der Waals surface area contributed by atoms with E-state index in [0.29, 0.717) is 6.04 Å². The lowest BCUT2D eigenvalue weighted by molar-refractivity contribution is 0.269. The Labute approximate surface area is 111 Å². The molecule has 1 aliphatic rings. The fourth-order valence-corrected chi connectivity index (χ4v) is 3.21. The fraction of sp³-hybridized carbons (Fsp3) is 0.750. The van der Waals surface area contributed by atoms with Crippen LogP contribution in [0.25, 0.3) is 0 Å². The Hall–Kier alpha value is -0.760. The Balaban J connectivity index is 2.12. The summed E-state index contributed by atoms with van der Waals surface area (Å²) in [7, 11) is 0. The minimum absolute atomic E-state index is 0.513. The Bertz CT molecular complexity index is 339. The van der Waals surface area contributed by atoms with Gasteiger partial charge in [-0.3, -0.25) is 0 Å². The summed E-state index contributed by atoms with van der Waals surface area (Å²) < 4.78 is 5.63. The highest BCUT2D eigenvalue weighted by atomic mass is 16.3. The van der Waals surface area contributed by atoms with Crippen LogP contribution in [-0.4, -0.2) is 6.54 Å². The van der Waals surface area contributed by atoms with Crippen molar-refractivity contribution in [2.75, 3.05) is 6.54 Å². The second-order valence-electron chi connectivity index (χ2n) is 5.48. The zero-order valence-corrected chi connectivity index (χ0v) is 11.9. The largest absolute Gasteiger partial charge is 0.469 e. The van der Waals surface area contributed by atoms with E-state index in [1.807, 2.05) is 6.26 Å². The van der Waals surface area contributed by atoms with Gasteiger partial charge < -0.3 is 9.73 Å². The number of hydrogen-bond acceptors (Lipinski definition) is 2. The molecule has 1 aromatic heterocycles. The standard InChI is InChI=1S/C16H27NO/c1-3-11-17-16(13-8-6-5-7-9-13)14-10-12-18-15(14)4-2/h10,12-13,16-17H,3-9,11H2,1-2H3. The molecular formula is C16H27NO. The molecule has 1 aliphatic carbocycles. The zero-order valence-electron chi connectivity index (χ0n) is 11.9. The third-order valence-corrected chi connectivity index (χ3v) is 4.17. The molecule has 0 aliphatic heterocycles. The summed E-state index contributed by atoms with van der Waals surface area (Å²) in [5.41, 5.74) is 1.41. The quantitative estimate of drug-likeness (QED) is 0.805. The Morgan fingerprint density at radius 2 is 2.06 bits per heavy atom. The maximum absolute atomic E-state index is 5.63. The van der Waals surface area contributed by atoms with E-state index in [-0.39, 0.29) is 0 Å². The highest BCUT2D eigenvalue weighted by Gasteiger charge is 2.27. The highest BCUT2D eigenvalue weighted by Crippen LogP contribution is 2.36. The number of nitrogens with one attached hydrogen (secondary N) is 1. The predicted molar refractivity (Wildman–Crippen MR) is 75.7 cm³/mol. The first kappa shape index (κ1) is 13.7. The van der Waals surface area contributed by atoms with Crippen LogP contribution in [0.4, 0.5) is 0 Å². The Morgan fingerprint density at radius 1 is 1.28 bits per heavy atom. The normalized spacial score (nSPS) is 19.0. The average Bonchev–Trinajstić information content (AvgIpc) is 2.89. The number of rotatable bonds is 6. The van der Waals surface area contributed by atoms with Crippen LogP contribution in [-0.2, 0) is 6.42 Å². The van der Waals surface area contributed by atoms with Gasteiger partial charge in [0.1, 0.15) is 5.76 Å². The van der Waals surface area contributed by atoms with E-state index >= 15 is 0 Å². The van der Waals surface area contributed by atoms with Gasteiger partial charge in [-0.05, 0) is 37.8 Å². The first-order valence-electron chi connectivity index (χ1n) is 7.66. The van der Waals surface area contributed by atoms with Crippen molar-refractivity contribution in [3.8, 4) is 0 Å². The van der Waals surface area contributed by atoms with E-state index in [2.05, 4.69) is 25.2 Å². The van der Waals surface area contributed by atoms with E-state index in [4.69, 9.17) is 4.42 Å². The molecule has 2 heteroatoms. The third-order valence-electron chi connectivity index (χ3n) is 4.17. The van der Waals surface area contributed by atoms with Crippen LogP contribution in [0.5, 0.6) is 0 Å². The van der Waals surface area contributed by atoms with Gasteiger partial charge in [-0.15, -0.1) is 0 Å². The third kappa shape index (κ3) is 3.17. The molecule has 0 bridgehead atoms. The van der Waals surface area contributed by atoms with Crippen molar-refractivity contribution in [2.45, 2.75) is 64.8 Å². The molecule has 1 aromatic rings. The lowest BCUT2D eigenvalue weighted by Crippen LogP contribution is -2.30. The van der Waals surface area contributed by atoms with Crippen molar-refractivity contribution in [3.63, 3.8) is 0 Å². The molecule has 1 unspecified atom stereocenters. The van der Waals surface area contributed by atoms with Crippen molar-refractivity contribution in [2.24, 2.45) is 5.92 Å². The summed E-state index contributed by atoms with van der Waals surface area (Å²) in [6.45, 7) is 5.52. The molecule has 0 aromatic carbocycles. The molecule has 102 valence electrons. The Morgan fingerprint density at radius 3 is 2.72 bits per heavy atom. The van der Waals surface area contributed by atoms with Crippen molar-refractivity contribution >= 4 is 0 Å². The van der Waals surface area contributed by atoms with Gasteiger partial charge in [0.05, 0.1) is 6.26 Å². The molecule has 2 rings (SSSR count). The molecule has 0 amide bonds. The summed E-state index contributed by atoms with van der Waals surface area (Å²) in [6, 6.07) is 2.69. The van der Waals surface area contributed by atoms with Gasteiger partial charge in [0, 0.05) is 18.0 Å². The summed E-state index contributed by atoms with van der Waals surface area (Å²) in [5, 5.41) is 3.76. The average molecular weight is 249 g/mol. The summed E-state index contributed by atoms with van der Waals surface area (Å²) >= 11 is 0. The van der Waals surface area contributed by atoms with E-state index in [1.54, 1.807) is 0 Å². The first-order valence-corrected chi connectivity index (χ1v) is 7.66. The van der Waals surface area contributed by atoms with E-state index in [9.17, 15) is 0 Å². The maximum Gasteiger partial charge on any atom is 0.108 e. The topological polar surface area (TPSA) is 25.2 Å². The van der Waals surface area contributed by atoms with Crippen molar-refractivity contribution in [3.05, 3.63) is 23.7 Å². The molecule has 0 saturated heterocycles. The van der Waals surface area contributed by atoms with Gasteiger partial charge in [-0.2, -0.15) is 0 Å². The number of aryl methyl sites for hydroxylation is 1. The van der Waals surface area contributed by atoms with Gasteiger partial charge in [0.25, 0.3) is 0 Å². The van der Waals surface area contributed by atoms with Crippen LogP contribution >= 0.6 is 0 Å². The van der Waals surface area contributed by atoms with Crippen LogP contribution < -0.4 is 5.32 Å². The zero-order chi connectivity index (χ0) is 12.8. The molecule has 1 atom stereocenters. The molecule has 1 fully saturated rings. The molecule has 18 heavy (non-hydrogen) atoms. The smallest absolute Gasteiger partial charge is 0.108 e. The monoisotopic (exact) mass is 249 g/mol. The lowest BCUT2D eigenvalue weighted by Gasteiger charge is -2.31. The summed E-state index contributed by atoms with van der Waals surface area (Å²) in [4.78, 5) is 0. The SMILES string of the molecule is CCCNC(c1ccoc1CC)C1CCCCC1. The minimum atomic E-state index is 0.513. The van der Waals surface area contributed by atoms with E-state index in [0.717, 1.165) is 18.9 Å². The summed E-state index contributed by atoms with van der Waals surface area (Å²) in [5.74, 6) is 1.97. The van der Waals surface area contributed by atoms with Gasteiger partial charge in [-0.25, -0.2) is 0 Å². The minimum Gasteiger partial charge on any atom is -0.469 e. The summed E-state index contributed by atoms with van der Waals surface area (Å²) in [6.07, 6.45) is 11.0. The molecule has 1 heterocycles. The van der Waals surface area contributed by atoms with Crippen LogP contribution in [0, 0.1) is 5.92 Å². The molecule has 2 nitrogen and oxygen atoms in total. The predicted octanol–water partition coefficient (Wildman–Crippen LogP) is 4.46. The fourth-order valence-electron chi connectivity index (χ4n) is 3.21. The molecular weight excluding hydrogens is 222 g/mol. The van der Waals surface area contributed by atoms with Gasteiger partial charge in [0.15, 0.2) is 0 Å². The van der Waals surface area contributed by atoms with E-state index < -0.39 is 0 Å². The molecule has 0 spiro atoms. The van der Waals surface area contributed by atoms with Gasteiger partial charge in [0.2, 0.25) is 0 Å². The van der Waals surface area contributed by atoms with Crippen LogP contribution in [0.3, 0.4) is 0 Å². The van der Waals surface area contributed by atoms with Crippen molar-refractivity contribution in [1.29, 1.82) is 0 Å². The maximum atomic E-state index is 5.63. The first-order chi connectivity index (χ1) is 8.86. The van der Waals surface area contributed by atoms with E-state index in [1.165, 1.54) is 49.8 Å². The number of furan rings is 1. The highest BCUT2D eigenvalue weighted by molar-refractivity contribution is 5.22. The second kappa shape index (κ2) is 6.98. The Kier molecular flexibility index (Phi) is 5.30. The second-order valence-corrected chi connectivity index (χ2v) is 5.48. The lowest BCUT2D eigenvalue weighted by atomic mass is 9.81. The van der Waals surface area contributed by atoms with Crippen LogP contribution in [0.2, 0.25) is 0 Å². The van der Waals surface area contributed by atoms with Crippen molar-refractivity contribution in [1.82, 2.24) is 5.32 Å². The molecule has 1 N–H and O–H groups in total. The number of hydrogen-bond donors (Lipinski definition) is 1. The molecule has 1 saturated carbocycles. The van der Waals surface area contributed by atoms with Crippen molar-refractivity contribution < 1.29 is 4.42 Å².